The molecule has 0 radical (unpaired) electrons. The Morgan fingerprint density at radius 3 is 2.50 bits per heavy atom. The van der Waals surface area contributed by atoms with E-state index in [0.29, 0.717) is 0 Å². The molecule has 0 aromatic rings. The summed E-state index contributed by atoms with van der Waals surface area (Å²) in [6.45, 7) is 0. The number of hydrogen-bond donors (Lipinski definition) is 2. The van der Waals surface area contributed by atoms with Crippen molar-refractivity contribution in [2.45, 2.75) is 0 Å². The number of amides is 1. The lowest BCUT2D eigenvalue weighted by Gasteiger charge is -1.95. The Bertz CT molecular complexity index is 119. The van der Waals surface area contributed by atoms with Crippen molar-refractivity contribution in [3.63, 3.8) is 0 Å². The third kappa shape index (κ3) is 5.55. The van der Waals surface area contributed by atoms with Crippen LogP contribution < -0.4 is 5.48 Å². The summed E-state index contributed by atoms with van der Waals surface area (Å²) in [7, 11) is -5.02. The van der Waals surface area contributed by atoms with Crippen LogP contribution in [0.1, 0.15) is 0 Å². The molecule has 0 saturated carbocycles. The fourth-order valence-corrected chi connectivity index (χ4v) is 0.260. The second kappa shape index (κ2) is 2.76. The van der Waals surface area contributed by atoms with Gasteiger partial charge in [-0.3, -0.25) is 9.69 Å². The molecule has 0 spiro atoms. The van der Waals surface area contributed by atoms with Gasteiger partial charge < -0.3 is 0 Å². The Balaban J connectivity index is 3.40. The van der Waals surface area contributed by atoms with E-state index in [4.69, 9.17) is 4.89 Å². The van der Waals surface area contributed by atoms with Gasteiger partial charge in [0.15, 0.2) is 0 Å². The fraction of sp³-hybridized carbons (Fsp3) is 0. The molecule has 1 atom stereocenters. The van der Waals surface area contributed by atoms with Gasteiger partial charge in [-0.1, -0.05) is 0 Å². The van der Waals surface area contributed by atoms with E-state index < -0.39 is 7.91 Å². The molecule has 0 heterocycles. The average Bonchev–Trinajstić information content (AvgIpc) is 1.59. The minimum Gasteiger partial charge on any atom is -0.298 e. The highest BCUT2D eigenvalue weighted by Gasteiger charge is 2.16. The van der Waals surface area contributed by atoms with Crippen LogP contribution in [-0.2, 0) is 14.0 Å². The smallest absolute Gasteiger partial charge is 0.298 e. The van der Waals surface area contributed by atoms with Crippen LogP contribution in [0.25, 0.3) is 0 Å². The monoisotopic (exact) mass is 143 g/mol. The van der Waals surface area contributed by atoms with Gasteiger partial charge in [0.05, 0.1) is 0 Å². The van der Waals surface area contributed by atoms with Crippen molar-refractivity contribution in [2.75, 3.05) is 0 Å². The number of hydrogen-bond acceptors (Lipinski definition) is 3. The maximum Gasteiger partial charge on any atom is 0.532 e. The molecule has 7 heteroatoms. The standard InChI is InChI=1S/CH3FNO4P/c2-8(5,6)7-3-1-4/h1H,(H,3,4)(H,5,6). The normalized spacial score (nSPS) is 16.8. The molecule has 0 fully saturated rings. The highest BCUT2D eigenvalue weighted by Crippen LogP contribution is 2.41. The van der Waals surface area contributed by atoms with Gasteiger partial charge >= 0.3 is 7.91 Å². The van der Waals surface area contributed by atoms with E-state index in [-0.39, 0.29) is 6.41 Å². The lowest BCUT2D eigenvalue weighted by atomic mass is 11.5. The van der Waals surface area contributed by atoms with Crippen molar-refractivity contribution in [3.8, 4) is 0 Å². The summed E-state index contributed by atoms with van der Waals surface area (Å²) in [5.41, 5.74) is 1.22. The zero-order valence-corrected chi connectivity index (χ0v) is 4.47. The van der Waals surface area contributed by atoms with Crippen molar-refractivity contribution in [3.05, 3.63) is 0 Å². The van der Waals surface area contributed by atoms with Crippen molar-refractivity contribution >= 4 is 14.3 Å². The van der Waals surface area contributed by atoms with Crippen LogP contribution in [0.5, 0.6) is 0 Å². The minimum absolute atomic E-state index is 0.0670. The van der Waals surface area contributed by atoms with E-state index in [9.17, 15) is 13.6 Å². The molecule has 0 rings (SSSR count). The average molecular weight is 143 g/mol. The number of carbonyl (C=O) groups is 1. The summed E-state index contributed by atoms with van der Waals surface area (Å²) >= 11 is 0. The highest BCUT2D eigenvalue weighted by molar-refractivity contribution is 7.46. The lowest BCUT2D eigenvalue weighted by Crippen LogP contribution is -2.07. The first kappa shape index (κ1) is 7.55. The molecule has 0 saturated heterocycles. The first-order chi connectivity index (χ1) is 3.56. The Hall–Kier alpha value is -0.450. The number of carbonyl (C=O) groups excluding carboxylic acids is 1. The van der Waals surface area contributed by atoms with Gasteiger partial charge in [-0.05, 0) is 0 Å². The first-order valence-electron chi connectivity index (χ1n) is 1.46. The maximum absolute atomic E-state index is 11.2. The van der Waals surface area contributed by atoms with Crippen molar-refractivity contribution in [1.82, 2.24) is 5.48 Å². The molecule has 2 N–H and O–H groups in total. The van der Waals surface area contributed by atoms with Gasteiger partial charge in [-0.25, -0.2) is 10.0 Å². The molecule has 8 heavy (non-hydrogen) atoms. The first-order valence-corrected chi connectivity index (χ1v) is 2.93. The van der Waals surface area contributed by atoms with Crippen LogP contribution in [-0.4, -0.2) is 11.3 Å². The molecule has 0 aliphatic heterocycles. The quantitative estimate of drug-likeness (QED) is 0.324. The predicted octanol–water partition coefficient (Wildman–Crippen LogP) is -0.266. The fourth-order valence-electron chi connectivity index (χ4n) is 0.0865. The molecule has 1 unspecified atom stereocenters. The summed E-state index contributed by atoms with van der Waals surface area (Å²) in [6.07, 6.45) is -0.0670. The molecule has 0 aromatic heterocycles. The Kier molecular flexibility index (Phi) is 2.60. The molecule has 0 aliphatic rings. The van der Waals surface area contributed by atoms with E-state index in [1.807, 2.05) is 0 Å². The number of rotatable bonds is 3. The molecule has 5 nitrogen and oxygen atoms in total. The summed E-state index contributed by atoms with van der Waals surface area (Å²) in [5, 5.41) is 0. The Morgan fingerprint density at radius 2 is 2.38 bits per heavy atom. The Morgan fingerprint density at radius 1 is 1.88 bits per heavy atom. The summed E-state index contributed by atoms with van der Waals surface area (Å²) < 4.78 is 23.9. The molecule has 48 valence electrons. The van der Waals surface area contributed by atoms with Crippen LogP contribution >= 0.6 is 7.91 Å². The molecule has 0 aromatic carbocycles. The summed E-state index contributed by atoms with van der Waals surface area (Å²) in [4.78, 5) is 16.8. The van der Waals surface area contributed by atoms with E-state index >= 15 is 0 Å². The number of nitrogens with one attached hydrogen (secondary N) is 1. The Labute approximate surface area is 44.1 Å². The third-order valence-electron chi connectivity index (χ3n) is 0.213. The topological polar surface area (TPSA) is 75.6 Å². The van der Waals surface area contributed by atoms with E-state index in [0.717, 1.165) is 0 Å². The summed E-state index contributed by atoms with van der Waals surface area (Å²) in [5.74, 6) is 0. The van der Waals surface area contributed by atoms with E-state index in [1.54, 1.807) is 0 Å². The largest absolute Gasteiger partial charge is 0.532 e. The van der Waals surface area contributed by atoms with Crippen LogP contribution in [0.2, 0.25) is 0 Å². The minimum atomic E-state index is -5.02. The third-order valence-corrected chi connectivity index (χ3v) is 0.544. The molecule has 1 amide bonds. The van der Waals surface area contributed by atoms with Gasteiger partial charge in [-0.15, -0.1) is 4.20 Å². The zero-order valence-electron chi connectivity index (χ0n) is 3.57. The SMILES string of the molecule is O=CNOP(=O)(O)F. The summed E-state index contributed by atoms with van der Waals surface area (Å²) in [6, 6.07) is 0. The van der Waals surface area contributed by atoms with E-state index in [2.05, 4.69) is 4.62 Å². The van der Waals surface area contributed by atoms with Gasteiger partial charge in [0.2, 0.25) is 6.41 Å². The molecule has 0 bridgehead atoms. The van der Waals surface area contributed by atoms with Gasteiger partial charge in [0.1, 0.15) is 0 Å². The van der Waals surface area contributed by atoms with Gasteiger partial charge in [0, 0.05) is 0 Å². The van der Waals surface area contributed by atoms with Crippen molar-refractivity contribution in [2.24, 2.45) is 0 Å². The van der Waals surface area contributed by atoms with Crippen LogP contribution in [0, 0.1) is 0 Å². The lowest BCUT2D eigenvalue weighted by molar-refractivity contribution is -0.115. The van der Waals surface area contributed by atoms with Crippen LogP contribution in [0.15, 0.2) is 0 Å². The van der Waals surface area contributed by atoms with Crippen LogP contribution in [0.3, 0.4) is 0 Å². The molecule has 0 aliphatic carbocycles. The maximum atomic E-state index is 11.2. The predicted molar refractivity (Wildman–Crippen MR) is 21.2 cm³/mol. The second-order valence-electron chi connectivity index (χ2n) is 0.778. The van der Waals surface area contributed by atoms with Crippen molar-refractivity contribution < 1.29 is 23.1 Å². The zero-order chi connectivity index (χ0) is 6.62. The van der Waals surface area contributed by atoms with Crippen molar-refractivity contribution in [1.29, 1.82) is 0 Å². The molecular formula is CH3FNO4P. The van der Waals surface area contributed by atoms with Gasteiger partial charge in [-0.2, -0.15) is 4.62 Å². The molecular weight excluding hydrogens is 140 g/mol. The van der Waals surface area contributed by atoms with Gasteiger partial charge in [0.25, 0.3) is 0 Å². The highest BCUT2D eigenvalue weighted by atomic mass is 31.2. The number of hydroxylamine groups is 1. The number of halogens is 1. The second-order valence-corrected chi connectivity index (χ2v) is 1.86. The van der Waals surface area contributed by atoms with Crippen LogP contribution in [0.4, 0.5) is 4.20 Å². The van der Waals surface area contributed by atoms with E-state index in [1.165, 1.54) is 5.48 Å².